The fourth-order valence-electron chi connectivity index (χ4n) is 2.83. The van der Waals surface area contributed by atoms with Gasteiger partial charge in [0.1, 0.15) is 11.6 Å². The molecule has 3 N–H and O–H groups in total. The van der Waals surface area contributed by atoms with Crippen molar-refractivity contribution < 1.29 is 19.0 Å². The highest BCUT2D eigenvalue weighted by molar-refractivity contribution is 5.82. The molecule has 3 nitrogen and oxygen atoms in total. The summed E-state index contributed by atoms with van der Waals surface area (Å²) in [4.78, 5) is 0. The van der Waals surface area contributed by atoms with Crippen LogP contribution in [-0.4, -0.2) is 16.8 Å². The third-order valence-electron chi connectivity index (χ3n) is 4.24. The molecule has 0 radical (unpaired) electrons. The van der Waals surface area contributed by atoms with Crippen LogP contribution in [0.2, 0.25) is 0 Å². The van der Waals surface area contributed by atoms with Gasteiger partial charge in [-0.3, -0.25) is 0 Å². The first-order valence-corrected chi connectivity index (χ1v) is 9.28. The second kappa shape index (κ2) is 11.1. The van der Waals surface area contributed by atoms with Crippen LogP contribution in [-0.2, 0) is 13.2 Å². The van der Waals surface area contributed by atoms with E-state index in [2.05, 4.69) is 11.9 Å². The van der Waals surface area contributed by atoms with Gasteiger partial charge in [-0.1, -0.05) is 49.1 Å². The molecule has 0 amide bonds. The first-order valence-electron chi connectivity index (χ1n) is 9.28. The molecular formula is C24H25F2NO2. The van der Waals surface area contributed by atoms with Gasteiger partial charge < -0.3 is 15.5 Å². The molecule has 0 atom stereocenters. The highest BCUT2D eigenvalue weighted by Crippen LogP contribution is 2.31. The van der Waals surface area contributed by atoms with Crippen molar-refractivity contribution in [2.45, 2.75) is 20.1 Å². The average Bonchev–Trinajstić information content (AvgIpc) is 2.73. The third kappa shape index (κ3) is 5.98. The third-order valence-corrected chi connectivity index (χ3v) is 4.24. The molecule has 0 bridgehead atoms. The van der Waals surface area contributed by atoms with Crippen LogP contribution in [0.4, 0.5) is 14.5 Å². The van der Waals surface area contributed by atoms with E-state index in [1.54, 1.807) is 37.3 Å². The highest BCUT2D eigenvalue weighted by Gasteiger charge is 2.10. The van der Waals surface area contributed by atoms with Gasteiger partial charge in [-0.2, -0.15) is 0 Å². The average molecular weight is 397 g/mol. The molecule has 0 aromatic heterocycles. The maximum Gasteiger partial charge on any atom is 0.129 e. The molecule has 3 rings (SSSR count). The van der Waals surface area contributed by atoms with Gasteiger partial charge in [-0.15, -0.1) is 0 Å². The number of aliphatic hydroxyl groups is 2. The molecule has 152 valence electrons. The Bertz CT molecular complexity index is 940. The quantitative estimate of drug-likeness (QED) is 0.524. The van der Waals surface area contributed by atoms with Crippen LogP contribution >= 0.6 is 0 Å². The van der Waals surface area contributed by atoms with Gasteiger partial charge >= 0.3 is 0 Å². The Hall–Kier alpha value is -3.02. The molecule has 0 spiro atoms. The van der Waals surface area contributed by atoms with Crippen molar-refractivity contribution in [3.63, 3.8) is 0 Å². The van der Waals surface area contributed by atoms with Crippen LogP contribution in [0, 0.1) is 11.6 Å². The van der Waals surface area contributed by atoms with Crippen molar-refractivity contribution in [2.75, 3.05) is 11.9 Å². The molecule has 0 heterocycles. The molecule has 5 heteroatoms. The monoisotopic (exact) mass is 397 g/mol. The number of halogens is 2. The van der Waals surface area contributed by atoms with Crippen LogP contribution in [0.25, 0.3) is 17.2 Å². The summed E-state index contributed by atoms with van der Waals surface area (Å²) < 4.78 is 27.1. The Balaban J connectivity index is 0.000000941. The summed E-state index contributed by atoms with van der Waals surface area (Å²) >= 11 is 0. The molecule has 0 unspecified atom stereocenters. The van der Waals surface area contributed by atoms with Crippen LogP contribution < -0.4 is 5.32 Å². The molecule has 0 aliphatic rings. The number of aliphatic hydroxyl groups excluding tert-OH is 2. The molecule has 29 heavy (non-hydrogen) atoms. The van der Waals surface area contributed by atoms with E-state index < -0.39 is 5.82 Å². The van der Waals surface area contributed by atoms with Crippen LogP contribution in [0.15, 0.2) is 67.2 Å². The SMILES string of the molecule is C=Cc1c(NCc2ccc(F)cc2)cccc1-c1ccc(CO)c(F)c1.CCO. The van der Waals surface area contributed by atoms with E-state index in [0.29, 0.717) is 12.1 Å². The molecule has 0 fully saturated rings. The van der Waals surface area contributed by atoms with E-state index in [9.17, 15) is 8.78 Å². The molecule has 0 saturated carbocycles. The molecular weight excluding hydrogens is 372 g/mol. The zero-order valence-corrected chi connectivity index (χ0v) is 16.3. The summed E-state index contributed by atoms with van der Waals surface area (Å²) in [5, 5.41) is 20.0. The Morgan fingerprint density at radius 2 is 1.69 bits per heavy atom. The highest BCUT2D eigenvalue weighted by atomic mass is 19.1. The predicted molar refractivity (Wildman–Crippen MR) is 114 cm³/mol. The number of hydrogen-bond donors (Lipinski definition) is 3. The number of nitrogens with one attached hydrogen (secondary N) is 1. The summed E-state index contributed by atoms with van der Waals surface area (Å²) in [5.41, 5.74) is 4.47. The van der Waals surface area contributed by atoms with E-state index in [1.807, 2.05) is 18.2 Å². The lowest BCUT2D eigenvalue weighted by Crippen LogP contribution is -2.02. The summed E-state index contributed by atoms with van der Waals surface area (Å²) in [5.74, 6) is -0.708. The lowest BCUT2D eigenvalue weighted by Gasteiger charge is -2.15. The van der Waals surface area contributed by atoms with Crippen LogP contribution in [0.3, 0.4) is 0 Å². The largest absolute Gasteiger partial charge is 0.397 e. The fourth-order valence-corrected chi connectivity index (χ4v) is 2.83. The van der Waals surface area contributed by atoms with E-state index in [1.165, 1.54) is 18.2 Å². The Morgan fingerprint density at radius 1 is 1.00 bits per heavy atom. The van der Waals surface area contributed by atoms with Crippen LogP contribution in [0.5, 0.6) is 0 Å². The smallest absolute Gasteiger partial charge is 0.129 e. The van der Waals surface area contributed by atoms with E-state index >= 15 is 0 Å². The zero-order valence-electron chi connectivity index (χ0n) is 16.3. The molecule has 3 aromatic carbocycles. The summed E-state index contributed by atoms with van der Waals surface area (Å²) in [6, 6.07) is 16.8. The van der Waals surface area contributed by atoms with E-state index in [4.69, 9.17) is 10.2 Å². The Morgan fingerprint density at radius 3 is 2.28 bits per heavy atom. The maximum atomic E-state index is 14.0. The topological polar surface area (TPSA) is 52.5 Å². The molecule has 0 aliphatic heterocycles. The second-order valence-electron chi connectivity index (χ2n) is 6.23. The van der Waals surface area contributed by atoms with Gasteiger partial charge in [-0.05, 0) is 47.9 Å². The van der Waals surface area contributed by atoms with Gasteiger partial charge in [0.25, 0.3) is 0 Å². The maximum absolute atomic E-state index is 14.0. The minimum Gasteiger partial charge on any atom is -0.397 e. The second-order valence-corrected chi connectivity index (χ2v) is 6.23. The molecule has 3 aromatic rings. The number of benzene rings is 3. The summed E-state index contributed by atoms with van der Waals surface area (Å²) in [6.45, 7) is 6.00. The van der Waals surface area contributed by atoms with Crippen molar-refractivity contribution in [1.29, 1.82) is 0 Å². The van der Waals surface area contributed by atoms with Gasteiger partial charge in [0.15, 0.2) is 0 Å². The Labute approximate surface area is 170 Å². The molecule has 0 saturated heterocycles. The number of rotatable bonds is 6. The standard InChI is InChI=1S/C22H19F2NO.C2H6O/c1-2-19-20(16-8-9-17(14-26)21(24)12-16)4-3-5-22(19)25-13-15-6-10-18(23)11-7-15;1-2-3/h2-12,25-26H,1,13-14H2;3H,2H2,1H3. The summed E-state index contributed by atoms with van der Waals surface area (Å²) in [7, 11) is 0. The number of hydrogen-bond acceptors (Lipinski definition) is 3. The normalized spacial score (nSPS) is 10.1. The Kier molecular flexibility index (Phi) is 8.52. The van der Waals surface area contributed by atoms with Crippen molar-refractivity contribution >= 4 is 11.8 Å². The number of anilines is 1. The molecule has 0 aliphatic carbocycles. The first-order chi connectivity index (χ1) is 14.0. The van der Waals surface area contributed by atoms with Crippen molar-refractivity contribution in [3.8, 4) is 11.1 Å². The summed E-state index contributed by atoms with van der Waals surface area (Å²) in [6.07, 6.45) is 1.72. The van der Waals surface area contributed by atoms with Gasteiger partial charge in [0, 0.05) is 30.0 Å². The van der Waals surface area contributed by atoms with Crippen molar-refractivity contribution in [3.05, 3.63) is 95.6 Å². The van der Waals surface area contributed by atoms with Gasteiger partial charge in [0.2, 0.25) is 0 Å². The fraction of sp³-hybridized carbons (Fsp3) is 0.167. The first kappa shape index (κ1) is 22.3. The minimum atomic E-state index is -0.440. The van der Waals surface area contributed by atoms with E-state index in [-0.39, 0.29) is 24.6 Å². The van der Waals surface area contributed by atoms with Crippen molar-refractivity contribution in [2.24, 2.45) is 0 Å². The van der Waals surface area contributed by atoms with Crippen LogP contribution in [0.1, 0.15) is 23.6 Å². The van der Waals surface area contributed by atoms with Gasteiger partial charge in [0.05, 0.1) is 6.61 Å². The lowest BCUT2D eigenvalue weighted by atomic mass is 9.97. The van der Waals surface area contributed by atoms with Gasteiger partial charge in [-0.25, -0.2) is 8.78 Å². The lowest BCUT2D eigenvalue weighted by molar-refractivity contribution is 0.276. The minimum absolute atomic E-state index is 0.250. The van der Waals surface area contributed by atoms with E-state index in [0.717, 1.165) is 22.4 Å². The van der Waals surface area contributed by atoms with Crippen molar-refractivity contribution in [1.82, 2.24) is 0 Å². The zero-order chi connectivity index (χ0) is 21.2. The predicted octanol–water partition coefficient (Wildman–Crippen LogP) is 5.38.